The molecule has 1 heterocycles. The Hall–Kier alpha value is -1.27. The van der Waals surface area contributed by atoms with Crippen molar-refractivity contribution in [2.75, 3.05) is 6.61 Å². The molecule has 6 heteroatoms. The summed E-state index contributed by atoms with van der Waals surface area (Å²) in [7, 11) is 0. The van der Waals surface area contributed by atoms with Crippen molar-refractivity contribution in [1.29, 1.82) is 0 Å². The second-order valence-corrected chi connectivity index (χ2v) is 3.86. The van der Waals surface area contributed by atoms with Crippen LogP contribution in [-0.4, -0.2) is 22.1 Å². The Labute approximate surface area is 104 Å². The number of aromatic amines is 1. The van der Waals surface area contributed by atoms with Gasteiger partial charge in [0, 0.05) is 18.8 Å². The van der Waals surface area contributed by atoms with E-state index in [1.807, 2.05) is 10.8 Å². The van der Waals surface area contributed by atoms with Gasteiger partial charge >= 0.3 is 5.97 Å². The normalized spacial score (nSPS) is 9.75. The molecule has 0 amide bonds. The van der Waals surface area contributed by atoms with Crippen LogP contribution < -0.4 is 0 Å². The zero-order chi connectivity index (χ0) is 12.0. The van der Waals surface area contributed by atoms with Crippen LogP contribution in [0.15, 0.2) is 24.9 Å². The van der Waals surface area contributed by atoms with Crippen LogP contribution in [0.2, 0.25) is 0 Å². The van der Waals surface area contributed by atoms with Crippen molar-refractivity contribution in [2.45, 2.75) is 13.0 Å². The molecule has 0 saturated carbocycles. The van der Waals surface area contributed by atoms with Crippen molar-refractivity contribution in [3.05, 3.63) is 34.3 Å². The number of rotatable bonds is 5. The van der Waals surface area contributed by atoms with Gasteiger partial charge in [0.2, 0.25) is 0 Å². The number of ether oxygens (including phenoxy) is 1. The monoisotopic (exact) mass is 256 g/mol. The molecule has 0 aliphatic heterocycles. The Balaban J connectivity index is 2.43. The van der Waals surface area contributed by atoms with Crippen LogP contribution in [0.1, 0.15) is 6.42 Å². The van der Waals surface area contributed by atoms with Crippen molar-refractivity contribution in [3.63, 3.8) is 0 Å². The molecule has 0 unspecified atom stereocenters. The van der Waals surface area contributed by atoms with Crippen molar-refractivity contribution >= 4 is 30.4 Å². The minimum absolute atomic E-state index is 0.349. The van der Waals surface area contributed by atoms with E-state index < -0.39 is 5.97 Å². The summed E-state index contributed by atoms with van der Waals surface area (Å²) in [6.07, 6.45) is 3.65. The quantitative estimate of drug-likeness (QED) is 0.380. The molecule has 0 aliphatic carbocycles. The van der Waals surface area contributed by atoms with E-state index in [0.29, 0.717) is 29.0 Å². The third-order valence-electron chi connectivity index (χ3n) is 1.85. The summed E-state index contributed by atoms with van der Waals surface area (Å²) in [4.78, 5) is 13.6. The van der Waals surface area contributed by atoms with Crippen molar-refractivity contribution in [1.82, 2.24) is 9.55 Å². The largest absolute Gasteiger partial charge is 0.462 e. The highest BCUT2D eigenvalue weighted by molar-refractivity contribution is 7.72. The highest BCUT2D eigenvalue weighted by Gasteiger charge is 1.96. The lowest BCUT2D eigenvalue weighted by Crippen LogP contribution is -2.07. The van der Waals surface area contributed by atoms with Crippen LogP contribution >= 0.6 is 24.4 Å². The predicted molar refractivity (Wildman–Crippen MR) is 66.2 cm³/mol. The maximum absolute atomic E-state index is 10.7. The maximum atomic E-state index is 10.7. The van der Waals surface area contributed by atoms with Crippen LogP contribution in [0.4, 0.5) is 0 Å². The minimum Gasteiger partial charge on any atom is -0.462 e. The van der Waals surface area contributed by atoms with E-state index in [1.165, 1.54) is 0 Å². The van der Waals surface area contributed by atoms with Gasteiger partial charge in [-0.05, 0) is 24.7 Å². The molecule has 1 N–H and O–H groups in total. The van der Waals surface area contributed by atoms with E-state index in [-0.39, 0.29) is 0 Å². The number of nitrogens with one attached hydrogen (secondary N) is 1. The fourth-order valence-corrected chi connectivity index (χ4v) is 1.57. The Bertz CT molecular complexity index is 490. The van der Waals surface area contributed by atoms with E-state index in [4.69, 9.17) is 29.2 Å². The number of esters is 1. The minimum atomic E-state index is -0.406. The van der Waals surface area contributed by atoms with E-state index in [0.717, 1.165) is 6.08 Å². The number of carbonyl (C=O) groups is 1. The molecule has 1 aromatic heterocycles. The van der Waals surface area contributed by atoms with Gasteiger partial charge in [-0.2, -0.15) is 0 Å². The van der Waals surface area contributed by atoms with Crippen LogP contribution in [0, 0.1) is 9.41 Å². The summed E-state index contributed by atoms with van der Waals surface area (Å²) in [5.41, 5.74) is 0. The van der Waals surface area contributed by atoms with Gasteiger partial charge in [0.15, 0.2) is 4.77 Å². The number of H-pyrrole nitrogens is 1. The Kier molecular flexibility index (Phi) is 5.07. The summed E-state index contributed by atoms with van der Waals surface area (Å²) in [6, 6.07) is 1.76. The number of hydrogen-bond acceptors (Lipinski definition) is 4. The first-order chi connectivity index (χ1) is 7.63. The van der Waals surface area contributed by atoms with Gasteiger partial charge in [0.25, 0.3) is 0 Å². The highest BCUT2D eigenvalue weighted by atomic mass is 32.1. The molecule has 16 heavy (non-hydrogen) atoms. The van der Waals surface area contributed by atoms with Crippen molar-refractivity contribution in [2.24, 2.45) is 0 Å². The highest BCUT2D eigenvalue weighted by Crippen LogP contribution is 1.95. The molecule has 1 rings (SSSR count). The summed E-state index contributed by atoms with van der Waals surface area (Å²) >= 11 is 10.0. The predicted octanol–water partition coefficient (Wildman–Crippen LogP) is 2.39. The Morgan fingerprint density at radius 2 is 2.38 bits per heavy atom. The second kappa shape index (κ2) is 6.34. The number of carbonyl (C=O) groups excluding carboxylic acids is 1. The smallest absolute Gasteiger partial charge is 0.330 e. The van der Waals surface area contributed by atoms with Crippen LogP contribution in [0.25, 0.3) is 0 Å². The van der Waals surface area contributed by atoms with Gasteiger partial charge in [0.1, 0.15) is 4.64 Å². The van der Waals surface area contributed by atoms with Gasteiger partial charge in [-0.25, -0.2) is 4.79 Å². The Morgan fingerprint density at radius 1 is 1.62 bits per heavy atom. The molecule has 0 radical (unpaired) electrons. The molecule has 0 saturated heterocycles. The summed E-state index contributed by atoms with van der Waals surface area (Å²) < 4.78 is 7.86. The van der Waals surface area contributed by atoms with Crippen LogP contribution in [0.5, 0.6) is 0 Å². The van der Waals surface area contributed by atoms with Crippen LogP contribution in [-0.2, 0) is 16.1 Å². The number of aryl methyl sites for hydroxylation is 1. The van der Waals surface area contributed by atoms with Gasteiger partial charge in [-0.15, -0.1) is 0 Å². The third kappa shape index (κ3) is 4.08. The lowest BCUT2D eigenvalue weighted by molar-refractivity contribution is -0.137. The standard InChI is InChI=1S/C10H12N2O2S2/c1-2-9(13)14-7-3-5-12-6-4-8(15)11-10(12)16/h2,4,6H,1,3,5,7H2,(H,11,15,16). The summed E-state index contributed by atoms with van der Waals surface area (Å²) in [5, 5.41) is 0. The molecule has 0 fully saturated rings. The Morgan fingerprint density at radius 3 is 3.00 bits per heavy atom. The molecule has 0 atom stereocenters. The number of aromatic nitrogens is 2. The van der Waals surface area contributed by atoms with E-state index in [2.05, 4.69) is 11.6 Å². The molecule has 0 bridgehead atoms. The zero-order valence-corrected chi connectivity index (χ0v) is 10.3. The van der Waals surface area contributed by atoms with Gasteiger partial charge < -0.3 is 14.3 Å². The van der Waals surface area contributed by atoms with Crippen molar-refractivity contribution < 1.29 is 9.53 Å². The second-order valence-electron chi connectivity index (χ2n) is 3.03. The average molecular weight is 256 g/mol. The molecular formula is C10H12N2O2S2. The van der Waals surface area contributed by atoms with Crippen molar-refractivity contribution in [3.8, 4) is 0 Å². The van der Waals surface area contributed by atoms with E-state index in [1.54, 1.807) is 6.07 Å². The van der Waals surface area contributed by atoms with E-state index >= 15 is 0 Å². The fourth-order valence-electron chi connectivity index (χ4n) is 1.09. The number of hydrogen-bond donors (Lipinski definition) is 1. The fraction of sp³-hybridized carbons (Fsp3) is 0.300. The zero-order valence-electron chi connectivity index (χ0n) is 8.64. The van der Waals surface area contributed by atoms with Gasteiger partial charge in [-0.3, -0.25) is 0 Å². The third-order valence-corrected chi connectivity index (χ3v) is 2.43. The van der Waals surface area contributed by atoms with Gasteiger partial charge in [0.05, 0.1) is 6.61 Å². The molecule has 0 aliphatic rings. The first-order valence-corrected chi connectivity index (χ1v) is 5.54. The molecule has 4 nitrogen and oxygen atoms in total. The summed E-state index contributed by atoms with van der Waals surface area (Å²) in [6.45, 7) is 4.33. The van der Waals surface area contributed by atoms with E-state index in [9.17, 15) is 4.79 Å². The first-order valence-electron chi connectivity index (χ1n) is 4.72. The first kappa shape index (κ1) is 12.8. The SMILES string of the molecule is C=CC(=O)OCCCn1ccc(=S)[nH]c1=S. The van der Waals surface area contributed by atoms with Crippen LogP contribution in [0.3, 0.4) is 0 Å². The molecule has 0 spiro atoms. The molecular weight excluding hydrogens is 244 g/mol. The topological polar surface area (TPSA) is 47.0 Å². The lowest BCUT2D eigenvalue weighted by atomic mass is 10.4. The summed E-state index contributed by atoms with van der Waals surface area (Å²) in [5.74, 6) is -0.406. The maximum Gasteiger partial charge on any atom is 0.330 e. The number of nitrogens with zero attached hydrogens (tertiary/aromatic N) is 1. The lowest BCUT2D eigenvalue weighted by Gasteiger charge is -2.06. The average Bonchev–Trinajstić information content (AvgIpc) is 2.26. The molecule has 0 aromatic carbocycles. The molecule has 86 valence electrons. The van der Waals surface area contributed by atoms with Gasteiger partial charge in [-0.1, -0.05) is 18.8 Å². The molecule has 1 aromatic rings.